The van der Waals surface area contributed by atoms with Gasteiger partial charge < -0.3 is 29.4 Å². The minimum absolute atomic E-state index is 0.000134. The van der Waals surface area contributed by atoms with Crippen molar-refractivity contribution in [2.75, 3.05) is 53.7 Å². The Hall–Kier alpha value is -2.96. The molecule has 0 fully saturated rings. The fourth-order valence-electron chi connectivity index (χ4n) is 3.85. The van der Waals surface area contributed by atoms with E-state index in [9.17, 15) is 18.3 Å². The average molecular weight is 535 g/mol. The van der Waals surface area contributed by atoms with E-state index >= 15 is 0 Å². The van der Waals surface area contributed by atoms with Crippen LogP contribution in [0.15, 0.2) is 71.3 Å². The lowest BCUT2D eigenvalue weighted by molar-refractivity contribution is -0.146. The van der Waals surface area contributed by atoms with E-state index < -0.39 is 16.3 Å². The second-order valence-corrected chi connectivity index (χ2v) is 10.2. The van der Waals surface area contributed by atoms with Crippen LogP contribution in [0.2, 0.25) is 0 Å². The van der Waals surface area contributed by atoms with Crippen LogP contribution in [0.3, 0.4) is 0 Å². The summed E-state index contributed by atoms with van der Waals surface area (Å²) in [7, 11) is -0.826. The number of methoxy groups -OCH3 is 2. The van der Waals surface area contributed by atoms with Crippen molar-refractivity contribution < 1.29 is 37.3 Å². The summed E-state index contributed by atoms with van der Waals surface area (Å²) in [4.78, 5) is 12.7. The zero-order valence-corrected chi connectivity index (χ0v) is 21.9. The van der Waals surface area contributed by atoms with Gasteiger partial charge in [-0.05, 0) is 35.9 Å². The monoisotopic (exact) mass is 534 g/mol. The molecule has 1 aliphatic heterocycles. The molecule has 0 spiro atoms. The smallest absolute Gasteiger partial charge is 0.286 e. The Labute approximate surface area is 217 Å². The van der Waals surface area contributed by atoms with Crippen LogP contribution in [0.4, 0.5) is 0 Å². The SMILES string of the molecule is COCCNC(=O)C1=C[C@H](c2ccccc2)C[C@H](OCCN(CCO)S(=O)(=O)c2ccc(OC)cc2)O1. The van der Waals surface area contributed by atoms with Crippen molar-refractivity contribution in [2.24, 2.45) is 0 Å². The molecule has 1 heterocycles. The molecule has 0 bridgehead atoms. The molecule has 10 nitrogen and oxygen atoms in total. The number of rotatable bonds is 14. The van der Waals surface area contributed by atoms with Crippen LogP contribution >= 0.6 is 0 Å². The third-order valence-electron chi connectivity index (χ3n) is 5.79. The van der Waals surface area contributed by atoms with Gasteiger partial charge in [-0.3, -0.25) is 4.79 Å². The molecule has 2 atom stereocenters. The van der Waals surface area contributed by atoms with Gasteiger partial charge in [-0.2, -0.15) is 4.31 Å². The quantitative estimate of drug-likeness (QED) is 0.352. The number of amides is 1. The largest absolute Gasteiger partial charge is 0.497 e. The van der Waals surface area contributed by atoms with Gasteiger partial charge in [0, 0.05) is 39.1 Å². The molecule has 3 rings (SSSR count). The number of benzene rings is 2. The molecule has 1 amide bonds. The molecule has 11 heteroatoms. The molecule has 202 valence electrons. The van der Waals surface area contributed by atoms with Gasteiger partial charge >= 0.3 is 0 Å². The van der Waals surface area contributed by atoms with Crippen LogP contribution < -0.4 is 10.1 Å². The Morgan fingerprint density at radius 1 is 1.08 bits per heavy atom. The van der Waals surface area contributed by atoms with E-state index in [0.29, 0.717) is 25.3 Å². The maximum Gasteiger partial charge on any atom is 0.286 e. The highest BCUT2D eigenvalue weighted by Gasteiger charge is 2.30. The summed E-state index contributed by atoms with van der Waals surface area (Å²) in [5, 5.41) is 12.2. The van der Waals surface area contributed by atoms with Gasteiger partial charge in [0.05, 0.1) is 31.8 Å². The lowest BCUT2D eigenvalue weighted by Crippen LogP contribution is -2.38. The summed E-state index contributed by atoms with van der Waals surface area (Å²) in [6.07, 6.45) is 1.45. The number of nitrogens with one attached hydrogen (secondary N) is 1. The summed E-state index contributed by atoms with van der Waals surface area (Å²) in [6.45, 7) is 0.244. The van der Waals surface area contributed by atoms with E-state index in [-0.39, 0.29) is 48.8 Å². The van der Waals surface area contributed by atoms with E-state index in [0.717, 1.165) is 9.87 Å². The number of hydrogen-bond donors (Lipinski definition) is 2. The normalized spacial score (nSPS) is 17.7. The highest BCUT2D eigenvalue weighted by molar-refractivity contribution is 7.89. The molecule has 2 aromatic carbocycles. The fraction of sp³-hybridized carbons (Fsp3) is 0.423. The first kappa shape index (κ1) is 28.6. The van der Waals surface area contributed by atoms with E-state index in [1.54, 1.807) is 25.3 Å². The number of carbonyl (C=O) groups excluding carboxylic acids is 1. The lowest BCUT2D eigenvalue weighted by Gasteiger charge is -2.30. The van der Waals surface area contributed by atoms with Crippen LogP contribution in [-0.4, -0.2) is 83.7 Å². The molecular weight excluding hydrogens is 500 g/mol. The number of allylic oxidation sites excluding steroid dienone is 1. The molecule has 0 radical (unpaired) electrons. The third-order valence-corrected chi connectivity index (χ3v) is 7.70. The Bertz CT molecular complexity index is 1120. The lowest BCUT2D eigenvalue weighted by atomic mass is 9.93. The van der Waals surface area contributed by atoms with E-state index in [2.05, 4.69) is 5.32 Å². The predicted molar refractivity (Wildman–Crippen MR) is 136 cm³/mol. The molecule has 1 aliphatic rings. The van der Waals surface area contributed by atoms with Crippen molar-refractivity contribution in [1.29, 1.82) is 0 Å². The first-order chi connectivity index (χ1) is 17.9. The molecule has 37 heavy (non-hydrogen) atoms. The molecule has 0 aliphatic carbocycles. The molecule has 0 aromatic heterocycles. The molecular formula is C26H34N2O8S. The topological polar surface area (TPSA) is 124 Å². The predicted octanol–water partition coefficient (Wildman–Crippen LogP) is 1.87. The minimum Gasteiger partial charge on any atom is -0.497 e. The fourth-order valence-corrected chi connectivity index (χ4v) is 5.27. The first-order valence-corrected chi connectivity index (χ1v) is 13.4. The van der Waals surface area contributed by atoms with Gasteiger partial charge in [0.1, 0.15) is 5.75 Å². The molecule has 0 saturated carbocycles. The van der Waals surface area contributed by atoms with Crippen LogP contribution in [0, 0.1) is 0 Å². The van der Waals surface area contributed by atoms with Crippen molar-refractivity contribution in [2.45, 2.75) is 23.5 Å². The molecule has 2 aromatic rings. The Kier molecular flexibility index (Phi) is 10.9. The number of sulfonamides is 1. The number of nitrogens with zero attached hydrogens (tertiary/aromatic N) is 1. The maximum atomic E-state index is 13.1. The van der Waals surface area contributed by atoms with Gasteiger partial charge in [-0.25, -0.2) is 8.42 Å². The average Bonchev–Trinajstić information content (AvgIpc) is 2.93. The van der Waals surface area contributed by atoms with Crippen LogP contribution in [0.1, 0.15) is 17.9 Å². The molecule has 2 N–H and O–H groups in total. The maximum absolute atomic E-state index is 13.1. The summed E-state index contributed by atoms with van der Waals surface area (Å²) >= 11 is 0. The standard InChI is InChI=1S/C26H34N2O8S/c1-33-16-12-27-26(30)24-18-21(20-6-4-3-5-7-20)19-25(36-24)35-17-14-28(13-15-29)37(31,32)23-10-8-22(34-2)9-11-23/h3-11,18,21,25,29H,12-17,19H2,1-2H3,(H,27,30)/t21-,25+/m0/s1. The van der Waals surface area contributed by atoms with Gasteiger partial charge in [0.15, 0.2) is 5.76 Å². The summed E-state index contributed by atoms with van der Waals surface area (Å²) < 4.78 is 49.2. The first-order valence-electron chi connectivity index (χ1n) is 12.0. The van der Waals surface area contributed by atoms with E-state index in [4.69, 9.17) is 18.9 Å². The molecule has 0 saturated heterocycles. The van der Waals surface area contributed by atoms with Crippen LogP contribution in [0.25, 0.3) is 0 Å². The second kappa shape index (κ2) is 14.1. The minimum atomic E-state index is -3.87. The Morgan fingerprint density at radius 2 is 1.81 bits per heavy atom. The van der Waals surface area contributed by atoms with E-state index in [1.165, 1.54) is 19.2 Å². The zero-order chi connectivity index (χ0) is 26.7. The van der Waals surface area contributed by atoms with Crippen molar-refractivity contribution in [3.63, 3.8) is 0 Å². The molecule has 0 unspecified atom stereocenters. The van der Waals surface area contributed by atoms with Gasteiger partial charge in [-0.1, -0.05) is 30.3 Å². The second-order valence-electron chi connectivity index (χ2n) is 8.25. The van der Waals surface area contributed by atoms with Crippen LogP contribution in [0.5, 0.6) is 5.75 Å². The van der Waals surface area contributed by atoms with E-state index in [1.807, 2.05) is 30.3 Å². The van der Waals surface area contributed by atoms with Crippen molar-refractivity contribution in [1.82, 2.24) is 9.62 Å². The number of carbonyl (C=O) groups is 1. The summed E-state index contributed by atoms with van der Waals surface area (Å²) in [6, 6.07) is 15.7. The van der Waals surface area contributed by atoms with Crippen molar-refractivity contribution in [3.8, 4) is 5.75 Å². The van der Waals surface area contributed by atoms with Crippen molar-refractivity contribution >= 4 is 15.9 Å². The van der Waals surface area contributed by atoms with Gasteiger partial charge in [0.2, 0.25) is 16.3 Å². The number of aliphatic hydroxyl groups excluding tert-OH is 1. The van der Waals surface area contributed by atoms with Crippen LogP contribution in [-0.2, 0) is 29.0 Å². The summed E-state index contributed by atoms with van der Waals surface area (Å²) in [5.74, 6) is 0.169. The highest BCUT2D eigenvalue weighted by atomic mass is 32.2. The Morgan fingerprint density at radius 3 is 2.46 bits per heavy atom. The highest BCUT2D eigenvalue weighted by Crippen LogP contribution is 2.31. The third kappa shape index (κ3) is 8.01. The number of aliphatic hydroxyl groups is 1. The van der Waals surface area contributed by atoms with Crippen molar-refractivity contribution in [3.05, 3.63) is 72.0 Å². The number of hydrogen-bond acceptors (Lipinski definition) is 8. The zero-order valence-electron chi connectivity index (χ0n) is 21.0. The summed E-state index contributed by atoms with van der Waals surface area (Å²) in [5.41, 5.74) is 1.01. The van der Waals surface area contributed by atoms with Gasteiger partial charge in [-0.15, -0.1) is 0 Å². The number of ether oxygens (including phenoxy) is 4. The van der Waals surface area contributed by atoms with Gasteiger partial charge in [0.25, 0.3) is 5.91 Å². The Balaban J connectivity index is 1.68.